The van der Waals surface area contributed by atoms with E-state index >= 15 is 0 Å². The molecule has 3 aromatic rings. The average molecular weight is 380 g/mol. The maximum absolute atomic E-state index is 12.0. The second-order valence-electron chi connectivity index (χ2n) is 6.26. The van der Waals surface area contributed by atoms with Crippen LogP contribution in [-0.2, 0) is 11.2 Å². The minimum absolute atomic E-state index is 0.142. The number of halogens is 1. The summed E-state index contributed by atoms with van der Waals surface area (Å²) in [6.45, 7) is 0.959. The molecular weight excluding hydrogens is 362 g/mol. The largest absolute Gasteiger partial charge is 0.488 e. The van der Waals surface area contributed by atoms with E-state index in [4.69, 9.17) is 16.3 Å². The van der Waals surface area contributed by atoms with Gasteiger partial charge in [-0.25, -0.2) is 4.98 Å². The number of nitrogens with zero attached hydrogens (tertiary/aromatic N) is 2. The molecule has 1 aliphatic rings. The van der Waals surface area contributed by atoms with Gasteiger partial charge in [0.15, 0.2) is 0 Å². The fourth-order valence-electron chi connectivity index (χ4n) is 2.93. The number of ether oxygens (including phenoxy) is 1. The highest BCUT2D eigenvalue weighted by Gasteiger charge is 2.10. The van der Waals surface area contributed by atoms with E-state index in [1.807, 2.05) is 53.2 Å². The van der Waals surface area contributed by atoms with Crippen molar-refractivity contribution in [2.75, 3.05) is 13.2 Å². The second kappa shape index (κ2) is 7.68. The quantitative estimate of drug-likeness (QED) is 0.688. The summed E-state index contributed by atoms with van der Waals surface area (Å²) in [6.07, 6.45) is 9.88. The number of fused-ring (bicyclic) bond motifs is 2. The molecule has 0 aliphatic carbocycles. The molecule has 0 saturated heterocycles. The van der Waals surface area contributed by atoms with Gasteiger partial charge in [0.1, 0.15) is 18.0 Å². The van der Waals surface area contributed by atoms with Gasteiger partial charge in [-0.1, -0.05) is 23.7 Å². The Morgan fingerprint density at radius 1 is 1.33 bits per heavy atom. The van der Waals surface area contributed by atoms with Crippen LogP contribution in [0.4, 0.5) is 0 Å². The maximum atomic E-state index is 12.0. The molecule has 3 heterocycles. The lowest BCUT2D eigenvalue weighted by atomic mass is 10.1. The summed E-state index contributed by atoms with van der Waals surface area (Å²) < 4.78 is 7.64. The maximum Gasteiger partial charge on any atom is 0.244 e. The topological polar surface area (TPSA) is 55.6 Å². The van der Waals surface area contributed by atoms with E-state index in [9.17, 15) is 4.79 Å². The third-order valence-corrected chi connectivity index (χ3v) is 4.49. The van der Waals surface area contributed by atoms with E-state index in [0.29, 0.717) is 24.6 Å². The summed E-state index contributed by atoms with van der Waals surface area (Å²) in [7, 11) is 0. The van der Waals surface area contributed by atoms with Crippen LogP contribution in [0.1, 0.15) is 11.3 Å². The molecule has 4 rings (SSSR count). The van der Waals surface area contributed by atoms with Crippen LogP contribution in [0.3, 0.4) is 0 Å². The summed E-state index contributed by atoms with van der Waals surface area (Å²) in [4.78, 5) is 16.5. The van der Waals surface area contributed by atoms with Gasteiger partial charge in [-0.3, -0.25) is 4.79 Å². The summed E-state index contributed by atoms with van der Waals surface area (Å²) in [5, 5.41) is 3.54. The molecule has 2 aromatic heterocycles. The zero-order chi connectivity index (χ0) is 18.6. The third-order valence-electron chi connectivity index (χ3n) is 4.25. The molecule has 0 spiro atoms. The van der Waals surface area contributed by atoms with Gasteiger partial charge in [0.2, 0.25) is 5.91 Å². The molecule has 1 amide bonds. The highest BCUT2D eigenvalue weighted by molar-refractivity contribution is 6.30. The monoisotopic (exact) mass is 379 g/mol. The lowest BCUT2D eigenvalue weighted by Crippen LogP contribution is -2.23. The highest BCUT2D eigenvalue weighted by atomic mass is 35.5. The number of amides is 1. The number of aromatic nitrogens is 2. The summed E-state index contributed by atoms with van der Waals surface area (Å²) in [5.41, 5.74) is 3.69. The molecule has 1 N–H and O–H groups in total. The first kappa shape index (κ1) is 17.4. The van der Waals surface area contributed by atoms with Crippen LogP contribution >= 0.6 is 11.6 Å². The standard InChI is InChI=1S/C21H18ClN3O2/c22-17-5-6-19-16(12-17)11-15(14-27-19)4-7-21(26)23-9-8-18-13-25-10-2-1-3-20(25)24-18/h1-7,10-13H,8-9,14H2,(H,23,26). The van der Waals surface area contributed by atoms with E-state index in [0.717, 1.165) is 28.2 Å². The Kier molecular flexibility index (Phi) is 4.94. The Labute approximate surface area is 161 Å². The number of imidazole rings is 1. The number of nitrogens with one attached hydrogen (secondary N) is 1. The molecule has 6 heteroatoms. The van der Waals surface area contributed by atoms with Gasteiger partial charge in [-0.05, 0) is 42.0 Å². The Balaban J connectivity index is 1.31. The normalized spacial score (nSPS) is 13.3. The molecule has 136 valence electrons. The third kappa shape index (κ3) is 4.20. The molecule has 1 aromatic carbocycles. The number of hydrogen-bond donors (Lipinski definition) is 1. The molecule has 0 unspecified atom stereocenters. The van der Waals surface area contributed by atoms with Crippen molar-refractivity contribution in [3.63, 3.8) is 0 Å². The van der Waals surface area contributed by atoms with E-state index in [-0.39, 0.29) is 5.91 Å². The Bertz CT molecular complexity index is 1020. The summed E-state index contributed by atoms with van der Waals surface area (Å²) >= 11 is 6.01. The van der Waals surface area contributed by atoms with Crippen LogP contribution in [0.5, 0.6) is 5.75 Å². The summed E-state index contributed by atoms with van der Waals surface area (Å²) in [5.74, 6) is 0.657. The highest BCUT2D eigenvalue weighted by Crippen LogP contribution is 2.29. The van der Waals surface area contributed by atoms with Crippen molar-refractivity contribution in [3.05, 3.63) is 82.8 Å². The molecule has 0 atom stereocenters. The smallest absolute Gasteiger partial charge is 0.244 e. The average Bonchev–Trinajstić information content (AvgIpc) is 3.08. The van der Waals surface area contributed by atoms with Crippen molar-refractivity contribution in [1.29, 1.82) is 0 Å². The molecule has 0 radical (unpaired) electrons. The SMILES string of the molecule is O=C(C=CC1=Cc2cc(Cl)ccc2OC1)NCCc1cn2ccccc2n1. The van der Waals surface area contributed by atoms with Crippen molar-refractivity contribution in [2.24, 2.45) is 0 Å². The van der Waals surface area contributed by atoms with Gasteiger partial charge < -0.3 is 14.5 Å². The first-order chi connectivity index (χ1) is 13.2. The van der Waals surface area contributed by atoms with Crippen LogP contribution in [0.2, 0.25) is 5.02 Å². The van der Waals surface area contributed by atoms with Gasteiger partial charge in [0, 0.05) is 42.0 Å². The first-order valence-corrected chi connectivity index (χ1v) is 9.07. The molecular formula is C21H18ClN3O2. The fourth-order valence-corrected chi connectivity index (χ4v) is 3.11. The van der Waals surface area contributed by atoms with Crippen LogP contribution < -0.4 is 10.1 Å². The number of carbonyl (C=O) groups is 1. The number of rotatable bonds is 5. The second-order valence-corrected chi connectivity index (χ2v) is 6.70. The predicted molar refractivity (Wildman–Crippen MR) is 106 cm³/mol. The van der Waals surface area contributed by atoms with Crippen molar-refractivity contribution in [3.8, 4) is 5.75 Å². The Morgan fingerprint density at radius 2 is 2.26 bits per heavy atom. The van der Waals surface area contributed by atoms with Crippen LogP contribution in [0.15, 0.2) is 66.5 Å². The minimum atomic E-state index is -0.142. The van der Waals surface area contributed by atoms with Gasteiger partial charge in [-0.15, -0.1) is 0 Å². The predicted octanol–water partition coefficient (Wildman–Crippen LogP) is 3.68. The van der Waals surface area contributed by atoms with Crippen molar-refractivity contribution >= 4 is 29.2 Å². The van der Waals surface area contributed by atoms with E-state index in [2.05, 4.69) is 10.3 Å². The van der Waals surface area contributed by atoms with Crippen molar-refractivity contribution in [2.45, 2.75) is 6.42 Å². The minimum Gasteiger partial charge on any atom is -0.488 e. The number of benzene rings is 1. The van der Waals surface area contributed by atoms with Crippen LogP contribution in [-0.4, -0.2) is 28.4 Å². The van der Waals surface area contributed by atoms with Gasteiger partial charge in [0.25, 0.3) is 0 Å². The van der Waals surface area contributed by atoms with Gasteiger partial charge in [-0.2, -0.15) is 0 Å². The molecule has 0 saturated carbocycles. The van der Waals surface area contributed by atoms with Gasteiger partial charge in [0.05, 0.1) is 5.69 Å². The van der Waals surface area contributed by atoms with E-state index in [1.54, 1.807) is 12.1 Å². The zero-order valence-electron chi connectivity index (χ0n) is 14.6. The Morgan fingerprint density at radius 3 is 3.15 bits per heavy atom. The number of pyridine rings is 1. The fraction of sp³-hybridized carbons (Fsp3) is 0.143. The molecule has 1 aliphatic heterocycles. The van der Waals surface area contributed by atoms with Crippen molar-refractivity contribution in [1.82, 2.24) is 14.7 Å². The number of hydrogen-bond acceptors (Lipinski definition) is 3. The van der Waals surface area contributed by atoms with Crippen LogP contribution in [0.25, 0.3) is 11.7 Å². The first-order valence-electron chi connectivity index (χ1n) is 8.69. The molecule has 27 heavy (non-hydrogen) atoms. The molecule has 0 fully saturated rings. The van der Waals surface area contributed by atoms with Crippen molar-refractivity contribution < 1.29 is 9.53 Å². The van der Waals surface area contributed by atoms with E-state index < -0.39 is 0 Å². The number of carbonyl (C=O) groups excluding carboxylic acids is 1. The molecule has 5 nitrogen and oxygen atoms in total. The molecule has 0 bridgehead atoms. The van der Waals surface area contributed by atoms with Gasteiger partial charge >= 0.3 is 0 Å². The lowest BCUT2D eigenvalue weighted by Gasteiger charge is -2.16. The lowest BCUT2D eigenvalue weighted by molar-refractivity contribution is -0.116. The van der Waals surface area contributed by atoms with Crippen LogP contribution in [0, 0.1) is 0 Å². The zero-order valence-corrected chi connectivity index (χ0v) is 15.3. The Hall–Kier alpha value is -3.05. The summed E-state index contributed by atoms with van der Waals surface area (Å²) in [6, 6.07) is 11.4. The van der Waals surface area contributed by atoms with E-state index in [1.165, 1.54) is 6.08 Å².